The molecule has 5 nitrogen and oxygen atoms in total. The zero-order valence-corrected chi connectivity index (χ0v) is 17.4. The van der Waals surface area contributed by atoms with E-state index in [-0.39, 0.29) is 6.04 Å². The molecule has 2 aromatic rings. The van der Waals surface area contributed by atoms with Crippen LogP contribution in [0.5, 0.6) is 0 Å². The maximum Gasteiger partial charge on any atom is 0.292 e. The number of likely N-dealkylation sites (tertiary alicyclic amines) is 1. The van der Waals surface area contributed by atoms with E-state index < -0.39 is 11.7 Å². The number of nitrogens with zero attached hydrogens (tertiary/aromatic N) is 2. The van der Waals surface area contributed by atoms with Gasteiger partial charge in [-0.15, -0.1) is 0 Å². The van der Waals surface area contributed by atoms with E-state index in [1.165, 1.54) is 19.3 Å². The first-order chi connectivity index (χ1) is 13.5. The molecule has 3 rings (SSSR count). The van der Waals surface area contributed by atoms with Crippen molar-refractivity contribution in [1.29, 1.82) is 0 Å². The Hall–Kier alpha value is -2.14. The lowest BCUT2D eigenvalue weighted by molar-refractivity contribution is -0.117. The van der Waals surface area contributed by atoms with Crippen LogP contribution >= 0.6 is 0 Å². The first kappa shape index (κ1) is 20.6. The third kappa shape index (κ3) is 4.64. The van der Waals surface area contributed by atoms with Gasteiger partial charge in [0.2, 0.25) is 0 Å². The number of para-hydroxylation sites is 1. The van der Waals surface area contributed by atoms with Crippen LogP contribution in [0.15, 0.2) is 30.5 Å². The van der Waals surface area contributed by atoms with Gasteiger partial charge < -0.3 is 14.8 Å². The lowest BCUT2D eigenvalue weighted by Gasteiger charge is -2.31. The molecule has 0 unspecified atom stereocenters. The number of rotatable bonds is 8. The molecule has 0 radical (unpaired) electrons. The Morgan fingerprint density at radius 3 is 2.57 bits per heavy atom. The average Bonchev–Trinajstić information content (AvgIpc) is 3.11. The van der Waals surface area contributed by atoms with Crippen LogP contribution in [0.4, 0.5) is 0 Å². The van der Waals surface area contributed by atoms with Crippen LogP contribution in [-0.4, -0.2) is 47.3 Å². The number of hydrogen-bond acceptors (Lipinski definition) is 3. The van der Waals surface area contributed by atoms with E-state index in [2.05, 4.69) is 35.6 Å². The Morgan fingerprint density at radius 1 is 1.18 bits per heavy atom. The minimum Gasteiger partial charge on any atom is -0.349 e. The summed E-state index contributed by atoms with van der Waals surface area (Å²) < 4.78 is 2.05. The Labute approximate surface area is 168 Å². The summed E-state index contributed by atoms with van der Waals surface area (Å²) in [6, 6.07) is 7.99. The number of carbonyl (C=O) groups is 2. The molecule has 1 aliphatic heterocycles. The number of carbonyl (C=O) groups excluding carboxylic acids is 2. The minimum absolute atomic E-state index is 0.228. The monoisotopic (exact) mass is 383 g/mol. The van der Waals surface area contributed by atoms with Crippen LogP contribution in [0.1, 0.15) is 62.9 Å². The number of ketones is 1. The van der Waals surface area contributed by atoms with Gasteiger partial charge in [-0.2, -0.15) is 0 Å². The molecule has 1 amide bonds. The second kappa shape index (κ2) is 9.37. The van der Waals surface area contributed by atoms with Crippen LogP contribution in [0.2, 0.25) is 0 Å². The van der Waals surface area contributed by atoms with Crippen LogP contribution in [0.3, 0.4) is 0 Å². The number of nitrogens with one attached hydrogen (secondary N) is 1. The van der Waals surface area contributed by atoms with Crippen molar-refractivity contribution in [3.8, 4) is 0 Å². The van der Waals surface area contributed by atoms with Crippen molar-refractivity contribution in [3.05, 3.63) is 36.0 Å². The van der Waals surface area contributed by atoms with E-state index in [4.69, 9.17) is 0 Å². The molecular weight excluding hydrogens is 350 g/mol. The van der Waals surface area contributed by atoms with Crippen molar-refractivity contribution in [1.82, 2.24) is 14.8 Å². The molecule has 1 N–H and O–H groups in total. The van der Waals surface area contributed by atoms with E-state index in [1.807, 2.05) is 30.5 Å². The largest absolute Gasteiger partial charge is 0.349 e. The summed E-state index contributed by atoms with van der Waals surface area (Å²) in [6.07, 6.45) is 6.53. The highest BCUT2D eigenvalue weighted by Crippen LogP contribution is 2.25. The van der Waals surface area contributed by atoms with Gasteiger partial charge in [0.1, 0.15) is 0 Å². The highest BCUT2D eigenvalue weighted by atomic mass is 16.2. The van der Waals surface area contributed by atoms with Gasteiger partial charge in [-0.1, -0.05) is 31.5 Å². The predicted molar refractivity (Wildman–Crippen MR) is 114 cm³/mol. The van der Waals surface area contributed by atoms with Crippen molar-refractivity contribution >= 4 is 22.6 Å². The van der Waals surface area contributed by atoms with Gasteiger partial charge in [-0.25, -0.2) is 0 Å². The molecule has 0 aliphatic carbocycles. The molecule has 5 heteroatoms. The second-order valence-corrected chi connectivity index (χ2v) is 8.19. The van der Waals surface area contributed by atoms with Gasteiger partial charge in [-0.05, 0) is 64.7 Å². The number of amides is 1. The number of fused-ring (bicyclic) bond motifs is 1. The van der Waals surface area contributed by atoms with Gasteiger partial charge in [0.25, 0.3) is 11.7 Å². The minimum atomic E-state index is -0.503. The molecule has 0 saturated carbocycles. The van der Waals surface area contributed by atoms with Crippen LogP contribution in [0.25, 0.3) is 10.9 Å². The van der Waals surface area contributed by atoms with Crippen molar-refractivity contribution in [2.45, 2.75) is 52.5 Å². The summed E-state index contributed by atoms with van der Waals surface area (Å²) in [7, 11) is 0. The number of piperidine rings is 1. The standard InChI is InChI=1S/C23H33N3O2/c1-4-18-10-14-25(15-11-18)13-7-12-24-23(28)22(27)20-16-26(17(2)3)21-9-6-5-8-19(20)21/h5-6,8-9,16-18H,4,7,10-15H2,1-3H3,(H,24,28). The van der Waals surface area contributed by atoms with Crippen molar-refractivity contribution in [3.63, 3.8) is 0 Å². The van der Waals surface area contributed by atoms with Gasteiger partial charge >= 0.3 is 0 Å². The molecule has 0 atom stereocenters. The Bertz CT molecular complexity index is 816. The summed E-state index contributed by atoms with van der Waals surface area (Å²) in [5, 5.41) is 3.66. The highest BCUT2D eigenvalue weighted by Gasteiger charge is 2.22. The molecule has 2 heterocycles. The summed E-state index contributed by atoms with van der Waals surface area (Å²) in [4.78, 5) is 27.6. The highest BCUT2D eigenvalue weighted by molar-refractivity contribution is 6.45. The average molecular weight is 384 g/mol. The third-order valence-corrected chi connectivity index (χ3v) is 5.97. The lowest BCUT2D eigenvalue weighted by atomic mass is 9.94. The maximum absolute atomic E-state index is 12.7. The van der Waals surface area contributed by atoms with E-state index in [0.717, 1.165) is 42.9 Å². The molecule has 1 aromatic heterocycles. The molecule has 1 saturated heterocycles. The van der Waals surface area contributed by atoms with E-state index in [1.54, 1.807) is 0 Å². The lowest BCUT2D eigenvalue weighted by Crippen LogP contribution is -2.37. The fourth-order valence-corrected chi connectivity index (χ4v) is 4.14. The second-order valence-electron chi connectivity index (χ2n) is 8.19. The topological polar surface area (TPSA) is 54.3 Å². The first-order valence-corrected chi connectivity index (χ1v) is 10.7. The molecule has 1 aliphatic rings. The maximum atomic E-state index is 12.7. The number of benzene rings is 1. The van der Waals surface area contributed by atoms with Gasteiger partial charge in [0, 0.05) is 29.7 Å². The van der Waals surface area contributed by atoms with Crippen molar-refractivity contribution in [2.75, 3.05) is 26.2 Å². The zero-order chi connectivity index (χ0) is 20.1. The smallest absolute Gasteiger partial charge is 0.292 e. The molecule has 152 valence electrons. The number of Topliss-reactive ketones (excluding diaryl/α,β-unsaturated/α-hetero) is 1. The molecule has 0 spiro atoms. The predicted octanol–water partition coefficient (Wildman–Crippen LogP) is 4.03. The SMILES string of the molecule is CCC1CCN(CCCNC(=O)C(=O)c2cn(C(C)C)c3ccccc23)CC1. The summed E-state index contributed by atoms with van der Waals surface area (Å²) in [6.45, 7) is 10.2. The molecule has 1 fully saturated rings. The fourth-order valence-electron chi connectivity index (χ4n) is 4.14. The van der Waals surface area contributed by atoms with E-state index in [0.29, 0.717) is 12.1 Å². The summed E-state index contributed by atoms with van der Waals surface area (Å²) in [5.41, 5.74) is 1.48. The summed E-state index contributed by atoms with van der Waals surface area (Å²) in [5.74, 6) is -0.0720. The van der Waals surface area contributed by atoms with Gasteiger partial charge in [-0.3, -0.25) is 9.59 Å². The van der Waals surface area contributed by atoms with Gasteiger partial charge in [0.15, 0.2) is 0 Å². The Kier molecular flexibility index (Phi) is 6.89. The van der Waals surface area contributed by atoms with Crippen LogP contribution in [-0.2, 0) is 4.79 Å². The zero-order valence-electron chi connectivity index (χ0n) is 17.4. The van der Waals surface area contributed by atoms with E-state index in [9.17, 15) is 9.59 Å². The molecular formula is C23H33N3O2. The van der Waals surface area contributed by atoms with Crippen LogP contribution in [0, 0.1) is 5.92 Å². The molecule has 28 heavy (non-hydrogen) atoms. The Balaban J connectivity index is 1.53. The van der Waals surface area contributed by atoms with Crippen LogP contribution < -0.4 is 5.32 Å². The third-order valence-electron chi connectivity index (χ3n) is 5.97. The van der Waals surface area contributed by atoms with Crippen molar-refractivity contribution < 1.29 is 9.59 Å². The Morgan fingerprint density at radius 2 is 1.89 bits per heavy atom. The van der Waals surface area contributed by atoms with Crippen molar-refractivity contribution in [2.24, 2.45) is 5.92 Å². The number of aromatic nitrogens is 1. The summed E-state index contributed by atoms with van der Waals surface area (Å²) >= 11 is 0. The normalized spacial score (nSPS) is 16.0. The molecule has 1 aromatic carbocycles. The quantitative estimate of drug-likeness (QED) is 0.425. The fraction of sp³-hybridized carbons (Fsp3) is 0.565. The molecule has 0 bridgehead atoms. The number of hydrogen-bond donors (Lipinski definition) is 1. The van der Waals surface area contributed by atoms with E-state index >= 15 is 0 Å². The first-order valence-electron chi connectivity index (χ1n) is 10.7. The van der Waals surface area contributed by atoms with Gasteiger partial charge in [0.05, 0.1) is 5.56 Å².